The topological polar surface area (TPSA) is 66.4 Å². The summed E-state index contributed by atoms with van der Waals surface area (Å²) in [7, 11) is 0. The highest BCUT2D eigenvalue weighted by atomic mass is 127. The Bertz CT molecular complexity index is 699. The number of thiophene rings is 1. The van der Waals surface area contributed by atoms with E-state index >= 15 is 0 Å². The van der Waals surface area contributed by atoms with Gasteiger partial charge in [-0.15, -0.1) is 11.3 Å². The molecule has 0 saturated carbocycles. The number of carbonyl (C=O) groups excluding carboxylic acids is 1. The minimum absolute atomic E-state index is 0.223. The van der Waals surface area contributed by atoms with Crippen LogP contribution in [0.2, 0.25) is 5.02 Å². The van der Waals surface area contributed by atoms with E-state index in [2.05, 4.69) is 27.9 Å². The van der Waals surface area contributed by atoms with E-state index in [1.54, 1.807) is 31.2 Å². The van der Waals surface area contributed by atoms with Crippen LogP contribution in [-0.4, -0.2) is 17.0 Å². The van der Waals surface area contributed by atoms with Gasteiger partial charge in [-0.2, -0.15) is 0 Å². The zero-order valence-corrected chi connectivity index (χ0v) is 14.0. The van der Waals surface area contributed by atoms with Gasteiger partial charge in [-0.25, -0.2) is 4.79 Å². The fourth-order valence-corrected chi connectivity index (χ4v) is 3.00. The zero-order valence-electron chi connectivity index (χ0n) is 10.2. The van der Waals surface area contributed by atoms with E-state index < -0.39 is 5.97 Å². The molecular formula is C13H9ClINO3S. The van der Waals surface area contributed by atoms with Crippen LogP contribution < -0.4 is 5.32 Å². The summed E-state index contributed by atoms with van der Waals surface area (Å²) in [6, 6.07) is 6.64. The first-order chi connectivity index (χ1) is 9.38. The molecule has 1 aromatic heterocycles. The Kier molecular flexibility index (Phi) is 4.66. The van der Waals surface area contributed by atoms with Crippen LogP contribution in [0, 0.1) is 10.5 Å². The lowest BCUT2D eigenvalue weighted by Gasteiger charge is -2.03. The molecule has 2 aromatic rings. The van der Waals surface area contributed by atoms with Crippen molar-refractivity contribution < 1.29 is 14.7 Å². The molecule has 7 heteroatoms. The highest BCUT2D eigenvalue weighted by molar-refractivity contribution is 14.1. The molecule has 2 rings (SSSR count). The zero-order chi connectivity index (χ0) is 14.9. The van der Waals surface area contributed by atoms with Crippen molar-refractivity contribution in [2.75, 3.05) is 5.32 Å². The van der Waals surface area contributed by atoms with Crippen molar-refractivity contribution in [3.05, 3.63) is 48.9 Å². The largest absolute Gasteiger partial charge is 0.477 e. The molecule has 0 fully saturated rings. The molecule has 0 aliphatic heterocycles. The quantitative estimate of drug-likeness (QED) is 0.728. The van der Waals surface area contributed by atoms with E-state index in [1.807, 2.05) is 0 Å². The van der Waals surface area contributed by atoms with Gasteiger partial charge in [0.2, 0.25) is 0 Å². The molecule has 0 unspecified atom stereocenters. The summed E-state index contributed by atoms with van der Waals surface area (Å²) < 4.78 is 0.862. The van der Waals surface area contributed by atoms with E-state index in [0.717, 1.165) is 14.9 Å². The second kappa shape index (κ2) is 6.11. The maximum atomic E-state index is 12.1. The van der Waals surface area contributed by atoms with Crippen LogP contribution in [0.1, 0.15) is 25.6 Å². The van der Waals surface area contributed by atoms with Crippen LogP contribution in [0.3, 0.4) is 0 Å². The highest BCUT2D eigenvalue weighted by Crippen LogP contribution is 2.27. The Labute approximate surface area is 137 Å². The molecule has 0 aliphatic rings. The van der Waals surface area contributed by atoms with Crippen molar-refractivity contribution in [1.82, 2.24) is 0 Å². The lowest BCUT2D eigenvalue weighted by molar-refractivity contribution is 0.0701. The molecule has 0 bridgehead atoms. The van der Waals surface area contributed by atoms with E-state index in [1.165, 1.54) is 0 Å². The normalized spacial score (nSPS) is 10.3. The molecule has 0 radical (unpaired) electrons. The number of anilines is 1. The molecule has 104 valence electrons. The summed E-state index contributed by atoms with van der Waals surface area (Å²) in [6.45, 7) is 1.69. The van der Waals surface area contributed by atoms with Gasteiger partial charge in [-0.3, -0.25) is 4.79 Å². The van der Waals surface area contributed by atoms with Crippen LogP contribution in [0.4, 0.5) is 5.00 Å². The minimum atomic E-state index is -0.995. The fraction of sp³-hybridized carbons (Fsp3) is 0.0769. The minimum Gasteiger partial charge on any atom is -0.477 e. The first-order valence-electron chi connectivity index (χ1n) is 5.48. The number of halogens is 2. The van der Waals surface area contributed by atoms with Gasteiger partial charge in [0.25, 0.3) is 5.91 Å². The van der Waals surface area contributed by atoms with Gasteiger partial charge in [0.15, 0.2) is 0 Å². The Morgan fingerprint density at radius 1 is 1.35 bits per heavy atom. The Morgan fingerprint density at radius 3 is 2.60 bits per heavy atom. The highest BCUT2D eigenvalue weighted by Gasteiger charge is 2.15. The van der Waals surface area contributed by atoms with Crippen LogP contribution in [0.15, 0.2) is 24.3 Å². The maximum absolute atomic E-state index is 12.1. The van der Waals surface area contributed by atoms with Gasteiger partial charge < -0.3 is 10.4 Å². The maximum Gasteiger partial charge on any atom is 0.346 e. The van der Waals surface area contributed by atoms with Crippen LogP contribution in [-0.2, 0) is 0 Å². The standard InChI is InChI=1S/C13H9ClINO3S/c1-6-4-10(20-11(6)13(18)19)16-12(17)7-2-3-9(15)8(14)5-7/h2-5H,1H3,(H,16,17)(H,18,19). The third-order valence-electron chi connectivity index (χ3n) is 2.53. The van der Waals surface area contributed by atoms with Gasteiger partial charge in [-0.1, -0.05) is 11.6 Å². The summed E-state index contributed by atoms with van der Waals surface area (Å²) >= 11 is 9.08. The van der Waals surface area contributed by atoms with Crippen LogP contribution in [0.25, 0.3) is 0 Å². The van der Waals surface area contributed by atoms with E-state index in [9.17, 15) is 9.59 Å². The van der Waals surface area contributed by atoms with Crippen LogP contribution >= 0.6 is 45.5 Å². The second-order valence-corrected chi connectivity index (χ2v) is 6.63. The number of rotatable bonds is 3. The predicted molar refractivity (Wildman–Crippen MR) is 88.1 cm³/mol. The molecule has 2 N–H and O–H groups in total. The van der Waals surface area contributed by atoms with Crippen molar-refractivity contribution in [3.8, 4) is 0 Å². The number of carboxylic acid groups (broad SMARTS) is 1. The third kappa shape index (κ3) is 3.31. The number of amides is 1. The van der Waals surface area contributed by atoms with Gasteiger partial charge in [0, 0.05) is 9.13 Å². The third-order valence-corrected chi connectivity index (χ3v) is 5.24. The number of aromatic carboxylic acids is 1. The van der Waals surface area contributed by atoms with Crippen molar-refractivity contribution in [2.45, 2.75) is 6.92 Å². The van der Waals surface area contributed by atoms with Gasteiger partial charge in [0.05, 0.1) is 10.0 Å². The molecule has 0 aliphatic carbocycles. The van der Waals surface area contributed by atoms with Crippen molar-refractivity contribution in [3.63, 3.8) is 0 Å². The average molecular weight is 422 g/mol. The molecule has 0 atom stereocenters. The van der Waals surface area contributed by atoms with Crippen molar-refractivity contribution in [2.24, 2.45) is 0 Å². The number of carbonyl (C=O) groups is 2. The monoisotopic (exact) mass is 421 g/mol. The molecule has 1 heterocycles. The Morgan fingerprint density at radius 2 is 2.05 bits per heavy atom. The molecule has 1 amide bonds. The smallest absolute Gasteiger partial charge is 0.346 e. The van der Waals surface area contributed by atoms with Gasteiger partial charge in [-0.05, 0) is 59.3 Å². The SMILES string of the molecule is Cc1cc(NC(=O)c2ccc(I)c(Cl)c2)sc1C(=O)O. The van der Waals surface area contributed by atoms with Gasteiger partial charge >= 0.3 is 5.97 Å². The van der Waals surface area contributed by atoms with E-state index in [4.69, 9.17) is 16.7 Å². The number of benzene rings is 1. The van der Waals surface area contributed by atoms with Crippen LogP contribution in [0.5, 0.6) is 0 Å². The summed E-state index contributed by atoms with van der Waals surface area (Å²) in [6.07, 6.45) is 0. The predicted octanol–water partition coefficient (Wildman–Crippen LogP) is 4.27. The second-order valence-electron chi connectivity index (χ2n) is 4.01. The average Bonchev–Trinajstić information content (AvgIpc) is 2.73. The first-order valence-corrected chi connectivity index (χ1v) is 7.76. The summed E-state index contributed by atoms with van der Waals surface area (Å²) in [5, 5.41) is 12.7. The van der Waals surface area contributed by atoms with Crippen molar-refractivity contribution >= 4 is 62.4 Å². The molecule has 4 nitrogen and oxygen atoms in total. The summed E-state index contributed by atoms with van der Waals surface area (Å²) in [4.78, 5) is 23.2. The first kappa shape index (κ1) is 15.3. The van der Waals surface area contributed by atoms with E-state index in [0.29, 0.717) is 21.2 Å². The summed E-state index contributed by atoms with van der Waals surface area (Å²) in [5.41, 5.74) is 1.05. The molecular weight excluding hydrogens is 413 g/mol. The molecule has 1 aromatic carbocycles. The Hall–Kier alpha value is -1.12. The number of nitrogens with one attached hydrogen (secondary N) is 1. The number of hydrogen-bond acceptors (Lipinski definition) is 3. The lowest BCUT2D eigenvalue weighted by Crippen LogP contribution is -2.10. The number of hydrogen-bond donors (Lipinski definition) is 2. The number of aryl methyl sites for hydroxylation is 1. The molecule has 0 spiro atoms. The molecule has 20 heavy (non-hydrogen) atoms. The fourth-order valence-electron chi connectivity index (χ4n) is 1.58. The lowest BCUT2D eigenvalue weighted by atomic mass is 10.2. The Balaban J connectivity index is 2.21. The number of carboxylic acids is 1. The molecule has 0 saturated heterocycles. The van der Waals surface area contributed by atoms with E-state index in [-0.39, 0.29) is 10.8 Å². The summed E-state index contributed by atoms with van der Waals surface area (Å²) in [5.74, 6) is -1.31. The van der Waals surface area contributed by atoms with Crippen molar-refractivity contribution in [1.29, 1.82) is 0 Å². The van der Waals surface area contributed by atoms with Gasteiger partial charge in [0.1, 0.15) is 4.88 Å².